The summed E-state index contributed by atoms with van der Waals surface area (Å²) in [6.45, 7) is 7.74. The van der Waals surface area contributed by atoms with Gasteiger partial charge < -0.3 is 0 Å². The first-order chi connectivity index (χ1) is 15.2. The van der Waals surface area contributed by atoms with Gasteiger partial charge in [-0.15, -0.1) is 0 Å². The molecule has 2 aromatic carbocycles. The normalized spacial score (nSPS) is 12.2. The van der Waals surface area contributed by atoms with Crippen LogP contribution in [-0.4, -0.2) is 15.0 Å². The average molecular weight is 521 g/mol. The summed E-state index contributed by atoms with van der Waals surface area (Å²) in [5.41, 5.74) is 0.453. The first-order valence-electron chi connectivity index (χ1n) is 9.89. The maximum absolute atomic E-state index is 14.5. The molecule has 0 bridgehead atoms. The molecule has 0 saturated heterocycles. The summed E-state index contributed by atoms with van der Waals surface area (Å²) in [5, 5.41) is -3.15. The monoisotopic (exact) mass is 521 g/mol. The van der Waals surface area contributed by atoms with E-state index in [1.807, 2.05) is 27.7 Å². The molecule has 0 amide bonds. The van der Waals surface area contributed by atoms with Gasteiger partial charge in [0.1, 0.15) is 0 Å². The Hall–Kier alpha value is -1.61. The van der Waals surface area contributed by atoms with E-state index in [1.165, 1.54) is 0 Å². The van der Waals surface area contributed by atoms with Crippen molar-refractivity contribution in [2.75, 3.05) is 6.16 Å². The molecular weight excluding hydrogens is 501 g/mol. The topological polar surface area (TPSA) is 0 Å². The smallest absolute Gasteiger partial charge is 0.200 e. The van der Waals surface area contributed by atoms with Crippen molar-refractivity contribution in [1.29, 1.82) is 0 Å². The minimum atomic E-state index is -3.17. The second kappa shape index (κ2) is 10.8. The van der Waals surface area contributed by atoms with E-state index < -0.39 is 91.7 Å². The van der Waals surface area contributed by atoms with Gasteiger partial charge in [0.15, 0.2) is 46.5 Å². The van der Waals surface area contributed by atoms with Gasteiger partial charge in [0.2, 0.25) is 11.6 Å². The summed E-state index contributed by atoms with van der Waals surface area (Å²) in [5.74, 6) is -23.9. The summed E-state index contributed by atoms with van der Waals surface area (Å²) in [4.78, 5) is 0. The SMILES string of the molecule is CC(C)[Si](CCCP(c1c(F)c(F)c(F)c(F)c1F)c1c(F)c(F)c(F)c(F)c1F)C(C)C. The van der Waals surface area contributed by atoms with Gasteiger partial charge in [0.05, 0.1) is 19.4 Å². The average Bonchev–Trinajstić information content (AvgIpc) is 2.75. The van der Waals surface area contributed by atoms with Crippen molar-refractivity contribution in [2.45, 2.75) is 51.2 Å². The molecule has 183 valence electrons. The molecule has 1 radical (unpaired) electrons. The maximum Gasteiger partial charge on any atom is 0.200 e. The van der Waals surface area contributed by atoms with Gasteiger partial charge in [0, 0.05) is 0 Å². The highest BCUT2D eigenvalue weighted by Gasteiger charge is 2.37. The third-order valence-corrected chi connectivity index (χ3v) is 11.8. The first kappa shape index (κ1) is 27.6. The van der Waals surface area contributed by atoms with E-state index in [2.05, 4.69) is 0 Å². The lowest BCUT2D eigenvalue weighted by Gasteiger charge is -2.25. The van der Waals surface area contributed by atoms with Crippen LogP contribution in [0.5, 0.6) is 0 Å². The van der Waals surface area contributed by atoms with E-state index >= 15 is 0 Å². The van der Waals surface area contributed by atoms with Gasteiger partial charge >= 0.3 is 0 Å². The maximum atomic E-state index is 14.5. The Kier molecular flexibility index (Phi) is 9.01. The number of benzene rings is 2. The Bertz CT molecular complexity index is 905. The van der Waals surface area contributed by atoms with Crippen LogP contribution in [0.15, 0.2) is 0 Å². The molecule has 0 nitrogen and oxygen atoms in total. The van der Waals surface area contributed by atoms with E-state index in [4.69, 9.17) is 0 Å². The van der Waals surface area contributed by atoms with Gasteiger partial charge in [-0.05, 0) is 14.1 Å². The summed E-state index contributed by atoms with van der Waals surface area (Å²) in [6, 6.07) is 0.434. The van der Waals surface area contributed by atoms with Crippen LogP contribution in [0.4, 0.5) is 43.9 Å². The molecule has 0 N–H and O–H groups in total. The molecule has 12 heteroatoms. The quantitative estimate of drug-likeness (QED) is 0.113. The second-order valence-electron chi connectivity index (χ2n) is 7.98. The lowest BCUT2D eigenvalue weighted by molar-refractivity contribution is 0.383. The van der Waals surface area contributed by atoms with Crippen molar-refractivity contribution in [1.82, 2.24) is 0 Å². The largest absolute Gasteiger partial charge is 0.203 e. The van der Waals surface area contributed by atoms with Crippen LogP contribution >= 0.6 is 7.92 Å². The van der Waals surface area contributed by atoms with Gasteiger partial charge in [-0.1, -0.05) is 51.2 Å². The lowest BCUT2D eigenvalue weighted by atomic mass is 10.3. The molecule has 0 aliphatic rings. The first-order valence-corrected chi connectivity index (χ1v) is 13.3. The Labute approximate surface area is 187 Å². The predicted molar refractivity (Wildman–Crippen MR) is 109 cm³/mol. The van der Waals surface area contributed by atoms with Crippen LogP contribution in [0.1, 0.15) is 34.1 Å². The Morgan fingerprint density at radius 3 is 1.06 bits per heavy atom. The molecule has 33 heavy (non-hydrogen) atoms. The molecule has 0 aliphatic heterocycles. The summed E-state index contributed by atoms with van der Waals surface area (Å²) in [7, 11) is -4.27. The van der Waals surface area contributed by atoms with Crippen molar-refractivity contribution in [3.05, 3.63) is 58.2 Å². The Balaban J connectivity index is 2.72. The van der Waals surface area contributed by atoms with Crippen LogP contribution < -0.4 is 10.6 Å². The lowest BCUT2D eigenvalue weighted by Crippen LogP contribution is -2.30. The summed E-state index contributed by atoms with van der Waals surface area (Å²) < 4.78 is 140. The second-order valence-corrected chi connectivity index (χ2v) is 14.1. The number of rotatable bonds is 8. The van der Waals surface area contributed by atoms with Crippen molar-refractivity contribution >= 4 is 27.3 Å². The number of halogens is 10. The van der Waals surface area contributed by atoms with Crippen LogP contribution in [0, 0.1) is 58.2 Å². The highest BCUT2D eigenvalue weighted by molar-refractivity contribution is 7.73. The van der Waals surface area contributed by atoms with E-state index in [0.29, 0.717) is 6.04 Å². The zero-order valence-electron chi connectivity index (χ0n) is 18.0. The molecule has 0 aliphatic carbocycles. The Morgan fingerprint density at radius 1 is 0.515 bits per heavy atom. The van der Waals surface area contributed by atoms with Crippen molar-refractivity contribution in [3.63, 3.8) is 0 Å². The minimum Gasteiger partial charge on any atom is -0.203 e. The molecule has 0 aromatic heterocycles. The van der Waals surface area contributed by atoms with Gasteiger partial charge in [-0.2, -0.15) is 0 Å². The summed E-state index contributed by atoms with van der Waals surface area (Å²) >= 11 is 0. The highest BCUT2D eigenvalue weighted by Crippen LogP contribution is 2.42. The Morgan fingerprint density at radius 2 is 0.788 bits per heavy atom. The molecule has 2 rings (SSSR count). The van der Waals surface area contributed by atoms with Gasteiger partial charge in [-0.25, -0.2) is 43.9 Å². The van der Waals surface area contributed by atoms with Crippen molar-refractivity contribution in [2.24, 2.45) is 0 Å². The van der Waals surface area contributed by atoms with E-state index in [-0.39, 0.29) is 17.5 Å². The molecule has 0 atom stereocenters. The third kappa shape index (κ3) is 5.24. The fraction of sp³-hybridized carbons (Fsp3) is 0.429. The number of hydrogen-bond donors (Lipinski definition) is 0. The third-order valence-electron chi connectivity index (χ3n) is 5.24. The molecule has 0 fully saturated rings. The molecule has 2 aromatic rings. The van der Waals surface area contributed by atoms with Gasteiger partial charge in [0.25, 0.3) is 0 Å². The van der Waals surface area contributed by atoms with Crippen LogP contribution in [0.3, 0.4) is 0 Å². The zero-order valence-corrected chi connectivity index (χ0v) is 19.9. The van der Waals surface area contributed by atoms with Crippen LogP contribution in [0.25, 0.3) is 0 Å². The molecule has 0 spiro atoms. The van der Waals surface area contributed by atoms with E-state index in [9.17, 15) is 43.9 Å². The highest BCUT2D eigenvalue weighted by atomic mass is 31.1. The molecule has 0 unspecified atom stereocenters. The van der Waals surface area contributed by atoms with E-state index in [0.717, 1.165) is 0 Å². The van der Waals surface area contributed by atoms with E-state index in [1.54, 1.807) is 0 Å². The van der Waals surface area contributed by atoms with Crippen LogP contribution in [-0.2, 0) is 0 Å². The zero-order chi connectivity index (χ0) is 25.4. The van der Waals surface area contributed by atoms with Gasteiger partial charge in [-0.3, -0.25) is 0 Å². The minimum absolute atomic E-state index is 0.0232. The fourth-order valence-corrected chi connectivity index (χ4v) is 9.54. The molecule has 0 heterocycles. The molecule has 0 saturated carbocycles. The molecular formula is C21H20F10PSi. The standard InChI is InChI=1S/C21H20F10PSi/c1-8(2)33(9(3)4)7-5-6-32(20-16(28)12(24)10(22)13(25)17(20)29)21-18(30)14(26)11(23)15(27)19(21)31/h8-9H,5-7H2,1-4H3. The van der Waals surface area contributed by atoms with Crippen molar-refractivity contribution < 1.29 is 43.9 Å². The van der Waals surface area contributed by atoms with Crippen molar-refractivity contribution in [3.8, 4) is 0 Å². The number of hydrogen-bond acceptors (Lipinski definition) is 0. The fourth-order valence-electron chi connectivity index (χ4n) is 3.68. The predicted octanol–water partition coefficient (Wildman–Crippen LogP) is 7.22. The summed E-state index contributed by atoms with van der Waals surface area (Å²) in [6.07, 6.45) is -0.519. The van der Waals surface area contributed by atoms with Crippen LogP contribution in [0.2, 0.25) is 17.1 Å².